The molecule has 176 valence electrons. The first-order valence-corrected chi connectivity index (χ1v) is 10.8. The number of carbonyl (C=O) groups excluding carboxylic acids is 1. The molecule has 2 aliphatic heterocycles. The van der Waals surface area contributed by atoms with E-state index >= 15 is 0 Å². The molecule has 0 bridgehead atoms. The molecule has 4 rings (SSSR count). The molecule has 0 spiro atoms. The van der Waals surface area contributed by atoms with Gasteiger partial charge in [0.05, 0.1) is 12.9 Å². The second-order valence-electron chi connectivity index (χ2n) is 8.65. The second kappa shape index (κ2) is 9.24. The quantitative estimate of drug-likeness (QED) is 0.463. The predicted molar refractivity (Wildman–Crippen MR) is 114 cm³/mol. The van der Waals surface area contributed by atoms with Gasteiger partial charge in [-0.05, 0) is 33.9 Å². The monoisotopic (exact) mass is 449 g/mol. The Kier molecular flexibility index (Phi) is 6.58. The summed E-state index contributed by atoms with van der Waals surface area (Å²) >= 11 is 0. The summed E-state index contributed by atoms with van der Waals surface area (Å²) in [6.07, 6.45) is 2.84. The van der Waals surface area contributed by atoms with Crippen molar-refractivity contribution in [3.05, 3.63) is 12.7 Å². The van der Waals surface area contributed by atoms with Crippen LogP contribution in [0, 0.1) is 0 Å². The number of fused-ring (bicyclic) bond motifs is 2. The van der Waals surface area contributed by atoms with Gasteiger partial charge in [0.2, 0.25) is 5.91 Å². The van der Waals surface area contributed by atoms with Crippen molar-refractivity contribution in [3.8, 4) is 0 Å². The lowest BCUT2D eigenvalue weighted by atomic mass is 10.1. The number of carbonyl (C=O) groups is 1. The van der Waals surface area contributed by atoms with Crippen LogP contribution in [0.3, 0.4) is 0 Å². The first-order chi connectivity index (χ1) is 15.3. The van der Waals surface area contributed by atoms with Crippen molar-refractivity contribution in [2.45, 2.75) is 57.0 Å². The Bertz CT molecular complexity index is 952. The van der Waals surface area contributed by atoms with Crippen LogP contribution >= 0.6 is 0 Å². The molecular formula is C20H31N7O5. The van der Waals surface area contributed by atoms with E-state index in [2.05, 4.69) is 25.2 Å². The number of anilines is 1. The minimum absolute atomic E-state index is 0.0579. The Balaban J connectivity index is 1.43. The topological polar surface area (TPSA) is 150 Å². The first-order valence-electron chi connectivity index (χ1n) is 10.8. The maximum absolute atomic E-state index is 11.7. The molecule has 4 atom stereocenters. The third-order valence-electron chi connectivity index (χ3n) is 5.66. The van der Waals surface area contributed by atoms with Crippen LogP contribution in [0.4, 0.5) is 5.82 Å². The van der Waals surface area contributed by atoms with Gasteiger partial charge < -0.3 is 35.3 Å². The van der Waals surface area contributed by atoms with Gasteiger partial charge in [-0.3, -0.25) is 9.36 Å². The second-order valence-corrected chi connectivity index (χ2v) is 8.65. The van der Waals surface area contributed by atoms with E-state index in [1.54, 1.807) is 6.33 Å². The van der Waals surface area contributed by atoms with Crippen LogP contribution in [-0.2, 0) is 19.0 Å². The molecule has 2 aromatic rings. The number of imidazole rings is 1. The molecule has 2 fully saturated rings. The zero-order chi connectivity index (χ0) is 22.9. The molecule has 1 amide bonds. The van der Waals surface area contributed by atoms with E-state index in [0.717, 1.165) is 6.54 Å². The fourth-order valence-corrected chi connectivity index (χ4v) is 4.28. The number of aliphatic hydroxyl groups is 1. The fraction of sp³-hybridized carbons (Fsp3) is 0.700. The van der Waals surface area contributed by atoms with Gasteiger partial charge in [-0.2, -0.15) is 0 Å². The van der Waals surface area contributed by atoms with Crippen LogP contribution in [0.5, 0.6) is 0 Å². The van der Waals surface area contributed by atoms with Crippen molar-refractivity contribution in [2.24, 2.45) is 0 Å². The van der Waals surface area contributed by atoms with E-state index in [9.17, 15) is 4.79 Å². The highest BCUT2D eigenvalue weighted by molar-refractivity contribution is 5.81. The maximum atomic E-state index is 11.7. The van der Waals surface area contributed by atoms with Gasteiger partial charge >= 0.3 is 0 Å². The predicted octanol–water partition coefficient (Wildman–Crippen LogP) is -0.353. The minimum atomic E-state index is -0.733. The number of nitrogens with one attached hydrogen (secondary N) is 1. The number of nitrogen functional groups attached to an aromatic ring is 1. The highest BCUT2D eigenvalue weighted by atomic mass is 16.8. The number of hydrogen-bond donors (Lipinski definition) is 3. The number of ether oxygens (including phenoxy) is 3. The Hall–Kier alpha value is -2.38. The standard InChI is InChI=1S/C20H31N7O5/c1-20(2)31-15-12(9-26(3)7-4-5-13(29)22-6-8-28)30-19(16(15)32-20)27-11-25-14-17(21)23-10-24-18(14)27/h10-12,15-16,19,28H,4-9H2,1-3H3,(H,22,29)(H2,21,23,24)/t12-,15-,16-,19-/m1/s1. The van der Waals surface area contributed by atoms with Crippen LogP contribution in [0.1, 0.15) is 32.9 Å². The summed E-state index contributed by atoms with van der Waals surface area (Å²) in [4.78, 5) is 26.5. The average molecular weight is 450 g/mol. The van der Waals surface area contributed by atoms with Crippen molar-refractivity contribution in [1.82, 2.24) is 29.7 Å². The summed E-state index contributed by atoms with van der Waals surface area (Å²) in [6.45, 7) is 5.33. The molecule has 0 aliphatic carbocycles. The summed E-state index contributed by atoms with van der Waals surface area (Å²) < 4.78 is 20.6. The van der Waals surface area contributed by atoms with Crippen molar-refractivity contribution in [1.29, 1.82) is 0 Å². The Morgan fingerprint density at radius 2 is 2.09 bits per heavy atom. The van der Waals surface area contributed by atoms with Gasteiger partial charge in [0.15, 0.2) is 23.5 Å². The normalized spacial score (nSPS) is 26.7. The van der Waals surface area contributed by atoms with Crippen molar-refractivity contribution >= 4 is 22.9 Å². The molecule has 0 radical (unpaired) electrons. The van der Waals surface area contributed by atoms with E-state index < -0.39 is 12.0 Å². The maximum Gasteiger partial charge on any atom is 0.220 e. The van der Waals surface area contributed by atoms with Crippen molar-refractivity contribution in [3.63, 3.8) is 0 Å². The third-order valence-corrected chi connectivity index (χ3v) is 5.66. The molecule has 12 nitrogen and oxygen atoms in total. The lowest BCUT2D eigenvalue weighted by Crippen LogP contribution is -2.39. The van der Waals surface area contributed by atoms with E-state index in [4.69, 9.17) is 25.1 Å². The smallest absolute Gasteiger partial charge is 0.220 e. The molecule has 12 heteroatoms. The van der Waals surface area contributed by atoms with Gasteiger partial charge in [0.1, 0.15) is 30.2 Å². The summed E-state index contributed by atoms with van der Waals surface area (Å²) in [6, 6.07) is 0. The lowest BCUT2D eigenvalue weighted by Gasteiger charge is -2.27. The Morgan fingerprint density at radius 1 is 1.31 bits per heavy atom. The average Bonchev–Trinajstić information content (AvgIpc) is 3.39. The summed E-state index contributed by atoms with van der Waals surface area (Å²) in [5.74, 6) is -0.484. The van der Waals surface area contributed by atoms with E-state index in [1.165, 1.54) is 6.33 Å². The summed E-state index contributed by atoms with van der Waals surface area (Å²) in [7, 11) is 1.98. The number of aromatic nitrogens is 4. The van der Waals surface area contributed by atoms with E-state index in [-0.39, 0.29) is 37.4 Å². The number of nitrogens with two attached hydrogens (primary N) is 1. The lowest BCUT2D eigenvalue weighted by molar-refractivity contribution is -0.197. The number of amides is 1. The van der Waals surface area contributed by atoms with Crippen LogP contribution < -0.4 is 11.1 Å². The molecule has 4 heterocycles. The number of likely N-dealkylation sites (N-methyl/N-ethyl adjacent to an activating group) is 1. The number of rotatable bonds is 9. The SMILES string of the molecule is CN(CCCC(=O)NCCO)C[C@H]1O[C@@H](n2cnc3c(N)ncnc32)[C@@H]2OC(C)(C)O[C@@H]21. The Morgan fingerprint density at radius 3 is 2.88 bits per heavy atom. The van der Waals surface area contributed by atoms with Gasteiger partial charge in [0.25, 0.3) is 0 Å². The molecule has 2 saturated heterocycles. The molecular weight excluding hydrogens is 418 g/mol. The first kappa shape index (κ1) is 22.8. The van der Waals surface area contributed by atoms with Crippen molar-refractivity contribution in [2.75, 3.05) is 39.0 Å². The molecule has 32 heavy (non-hydrogen) atoms. The third kappa shape index (κ3) is 4.69. The van der Waals surface area contributed by atoms with Crippen LogP contribution in [0.25, 0.3) is 11.2 Å². The van der Waals surface area contributed by atoms with Gasteiger partial charge in [-0.15, -0.1) is 0 Å². The molecule has 0 saturated carbocycles. The van der Waals surface area contributed by atoms with Gasteiger partial charge in [-0.1, -0.05) is 0 Å². The zero-order valence-electron chi connectivity index (χ0n) is 18.6. The van der Waals surface area contributed by atoms with Crippen LogP contribution in [-0.4, -0.2) is 92.8 Å². The van der Waals surface area contributed by atoms with E-state index in [1.807, 2.05) is 25.5 Å². The molecule has 0 aromatic carbocycles. The van der Waals surface area contributed by atoms with Gasteiger partial charge in [-0.25, -0.2) is 15.0 Å². The number of aliphatic hydroxyl groups excluding tert-OH is 1. The summed E-state index contributed by atoms with van der Waals surface area (Å²) in [5.41, 5.74) is 7.03. The molecule has 2 aliphatic rings. The number of hydrogen-bond acceptors (Lipinski definition) is 10. The van der Waals surface area contributed by atoms with Crippen LogP contribution in [0.2, 0.25) is 0 Å². The van der Waals surface area contributed by atoms with Crippen molar-refractivity contribution < 1.29 is 24.1 Å². The molecule has 0 unspecified atom stereocenters. The number of nitrogens with zero attached hydrogens (tertiary/aromatic N) is 5. The zero-order valence-corrected chi connectivity index (χ0v) is 18.6. The molecule has 2 aromatic heterocycles. The van der Waals surface area contributed by atoms with E-state index in [0.29, 0.717) is 36.4 Å². The Labute approximate surface area is 186 Å². The van der Waals surface area contributed by atoms with Gasteiger partial charge in [0, 0.05) is 19.5 Å². The molecule has 4 N–H and O–H groups in total. The highest BCUT2D eigenvalue weighted by Crippen LogP contribution is 2.44. The summed E-state index contributed by atoms with van der Waals surface area (Å²) in [5, 5.41) is 11.4. The largest absolute Gasteiger partial charge is 0.395 e. The minimum Gasteiger partial charge on any atom is -0.395 e. The van der Waals surface area contributed by atoms with Crippen LogP contribution in [0.15, 0.2) is 12.7 Å². The fourth-order valence-electron chi connectivity index (χ4n) is 4.28. The highest BCUT2D eigenvalue weighted by Gasteiger charge is 2.56.